The van der Waals surface area contributed by atoms with Crippen LogP contribution in [0.15, 0.2) is 16.5 Å². The van der Waals surface area contributed by atoms with Crippen LogP contribution in [-0.2, 0) is 4.74 Å². The number of carbonyl (C=O) groups is 1. The Labute approximate surface area is 108 Å². The molecule has 18 heavy (non-hydrogen) atoms. The van der Waals surface area contributed by atoms with E-state index in [0.717, 1.165) is 25.3 Å². The zero-order valence-corrected chi connectivity index (χ0v) is 11.5. The Balaban J connectivity index is 2.57. The number of nitrogens with one attached hydrogen (secondary N) is 1. The largest absolute Gasteiger partial charge is 0.463 e. The van der Waals surface area contributed by atoms with Crippen molar-refractivity contribution in [3.8, 4) is 0 Å². The van der Waals surface area contributed by atoms with Crippen LogP contribution in [-0.4, -0.2) is 45.2 Å². The van der Waals surface area contributed by atoms with Gasteiger partial charge < -0.3 is 14.5 Å². The summed E-state index contributed by atoms with van der Waals surface area (Å²) in [6, 6.07) is 3.62. The van der Waals surface area contributed by atoms with Crippen molar-refractivity contribution in [1.82, 2.24) is 10.2 Å². The van der Waals surface area contributed by atoms with E-state index in [-0.39, 0.29) is 11.8 Å². The summed E-state index contributed by atoms with van der Waals surface area (Å²) >= 11 is 0. The van der Waals surface area contributed by atoms with Gasteiger partial charge in [-0.2, -0.15) is 0 Å². The monoisotopic (exact) mass is 254 g/mol. The van der Waals surface area contributed by atoms with Gasteiger partial charge in [-0.3, -0.25) is 4.90 Å². The van der Waals surface area contributed by atoms with Crippen molar-refractivity contribution in [2.45, 2.75) is 19.4 Å². The average molecular weight is 254 g/mol. The third-order valence-electron chi connectivity index (χ3n) is 3.02. The summed E-state index contributed by atoms with van der Waals surface area (Å²) in [7, 11) is 5.33. The van der Waals surface area contributed by atoms with Gasteiger partial charge in [-0.15, -0.1) is 0 Å². The van der Waals surface area contributed by atoms with E-state index in [9.17, 15) is 4.79 Å². The number of rotatable bonds is 7. The van der Waals surface area contributed by atoms with E-state index in [1.807, 2.05) is 20.2 Å². The van der Waals surface area contributed by atoms with Crippen LogP contribution in [0.2, 0.25) is 0 Å². The summed E-state index contributed by atoms with van der Waals surface area (Å²) in [4.78, 5) is 13.5. The molecule has 1 aromatic rings. The average Bonchev–Trinajstić information content (AvgIpc) is 2.86. The first-order chi connectivity index (χ1) is 8.60. The van der Waals surface area contributed by atoms with Crippen LogP contribution >= 0.6 is 0 Å². The molecule has 1 unspecified atom stereocenters. The Morgan fingerprint density at radius 1 is 1.56 bits per heavy atom. The number of methoxy groups -OCH3 is 1. The SMILES string of the molecule is CNCCCN(C)C(C)c1ccc(C(=O)OC)o1. The lowest BCUT2D eigenvalue weighted by molar-refractivity contribution is 0.0559. The molecule has 0 saturated carbocycles. The molecule has 1 heterocycles. The molecular formula is C13H22N2O3. The standard InChI is InChI=1S/C13H22N2O3/c1-10(15(3)9-5-8-14-2)11-6-7-12(18-11)13(16)17-4/h6-7,10,14H,5,8-9H2,1-4H3. The van der Waals surface area contributed by atoms with Gasteiger partial charge in [0.2, 0.25) is 5.76 Å². The van der Waals surface area contributed by atoms with E-state index < -0.39 is 5.97 Å². The first-order valence-corrected chi connectivity index (χ1v) is 6.13. The number of carbonyl (C=O) groups excluding carboxylic acids is 1. The highest BCUT2D eigenvalue weighted by Gasteiger charge is 2.18. The molecule has 0 aliphatic rings. The van der Waals surface area contributed by atoms with Gasteiger partial charge in [0, 0.05) is 0 Å². The van der Waals surface area contributed by atoms with Crippen LogP contribution in [0.25, 0.3) is 0 Å². The lowest BCUT2D eigenvalue weighted by Gasteiger charge is -2.22. The molecule has 0 fully saturated rings. The second-order valence-corrected chi connectivity index (χ2v) is 4.31. The quantitative estimate of drug-likeness (QED) is 0.592. The van der Waals surface area contributed by atoms with Gasteiger partial charge in [-0.1, -0.05) is 0 Å². The number of furan rings is 1. The van der Waals surface area contributed by atoms with Gasteiger partial charge in [-0.25, -0.2) is 4.79 Å². The highest BCUT2D eigenvalue weighted by molar-refractivity contribution is 5.86. The fraction of sp³-hybridized carbons (Fsp3) is 0.615. The van der Waals surface area contributed by atoms with E-state index in [1.54, 1.807) is 6.07 Å². The molecular weight excluding hydrogens is 232 g/mol. The Hall–Kier alpha value is -1.33. The molecule has 5 nitrogen and oxygen atoms in total. The molecule has 1 aromatic heterocycles. The van der Waals surface area contributed by atoms with Crippen molar-refractivity contribution in [3.63, 3.8) is 0 Å². The van der Waals surface area contributed by atoms with Crippen molar-refractivity contribution < 1.29 is 13.9 Å². The minimum Gasteiger partial charge on any atom is -0.463 e. The second kappa shape index (κ2) is 7.18. The molecule has 0 aromatic carbocycles. The van der Waals surface area contributed by atoms with Crippen LogP contribution in [0.1, 0.15) is 35.7 Å². The summed E-state index contributed by atoms with van der Waals surface area (Å²) in [6.07, 6.45) is 1.07. The molecule has 102 valence electrons. The van der Waals surface area contributed by atoms with Crippen molar-refractivity contribution in [3.05, 3.63) is 23.7 Å². The summed E-state index contributed by atoms with van der Waals surface area (Å²) in [5.41, 5.74) is 0. The number of hydrogen-bond acceptors (Lipinski definition) is 5. The Morgan fingerprint density at radius 3 is 2.89 bits per heavy atom. The van der Waals surface area contributed by atoms with Gasteiger partial charge in [0.05, 0.1) is 13.2 Å². The van der Waals surface area contributed by atoms with Crippen LogP contribution < -0.4 is 5.32 Å². The highest BCUT2D eigenvalue weighted by Crippen LogP contribution is 2.21. The fourth-order valence-corrected chi connectivity index (χ4v) is 1.70. The van der Waals surface area contributed by atoms with E-state index in [4.69, 9.17) is 4.42 Å². The van der Waals surface area contributed by atoms with Crippen LogP contribution in [0.5, 0.6) is 0 Å². The van der Waals surface area contributed by atoms with E-state index >= 15 is 0 Å². The van der Waals surface area contributed by atoms with E-state index in [2.05, 4.69) is 21.9 Å². The predicted octanol–water partition coefficient (Wildman–Crippen LogP) is 1.67. The van der Waals surface area contributed by atoms with E-state index in [1.165, 1.54) is 7.11 Å². The lowest BCUT2D eigenvalue weighted by Crippen LogP contribution is -2.25. The van der Waals surface area contributed by atoms with Crippen LogP contribution in [0, 0.1) is 0 Å². The van der Waals surface area contributed by atoms with Gasteiger partial charge in [0.15, 0.2) is 0 Å². The number of esters is 1. The molecule has 0 amide bonds. The third-order valence-corrected chi connectivity index (χ3v) is 3.02. The van der Waals surface area contributed by atoms with Gasteiger partial charge >= 0.3 is 5.97 Å². The summed E-state index contributed by atoms with van der Waals surface area (Å²) in [5.74, 6) is 0.594. The molecule has 0 aliphatic carbocycles. The summed E-state index contributed by atoms with van der Waals surface area (Å²) < 4.78 is 10.1. The van der Waals surface area contributed by atoms with E-state index in [0.29, 0.717) is 0 Å². The first kappa shape index (κ1) is 14.7. The van der Waals surface area contributed by atoms with Gasteiger partial charge in [0.1, 0.15) is 5.76 Å². The molecule has 0 saturated heterocycles. The van der Waals surface area contributed by atoms with Gasteiger partial charge in [0.25, 0.3) is 0 Å². The molecule has 1 rings (SSSR count). The third kappa shape index (κ3) is 3.85. The maximum absolute atomic E-state index is 11.3. The number of ether oxygens (including phenoxy) is 1. The molecule has 1 atom stereocenters. The summed E-state index contributed by atoms with van der Waals surface area (Å²) in [5, 5.41) is 3.12. The normalized spacial score (nSPS) is 12.7. The topological polar surface area (TPSA) is 54.7 Å². The van der Waals surface area contributed by atoms with Gasteiger partial charge in [-0.05, 0) is 52.7 Å². The minimum atomic E-state index is -0.439. The molecule has 5 heteroatoms. The second-order valence-electron chi connectivity index (χ2n) is 4.31. The van der Waals surface area contributed by atoms with Crippen molar-refractivity contribution >= 4 is 5.97 Å². The number of nitrogens with zero attached hydrogens (tertiary/aromatic N) is 1. The number of hydrogen-bond donors (Lipinski definition) is 1. The van der Waals surface area contributed by atoms with Crippen LogP contribution in [0.3, 0.4) is 0 Å². The van der Waals surface area contributed by atoms with Crippen molar-refractivity contribution in [2.24, 2.45) is 0 Å². The minimum absolute atomic E-state index is 0.139. The molecule has 0 radical (unpaired) electrons. The van der Waals surface area contributed by atoms with Crippen molar-refractivity contribution in [1.29, 1.82) is 0 Å². The molecule has 0 bridgehead atoms. The lowest BCUT2D eigenvalue weighted by atomic mass is 10.2. The highest BCUT2D eigenvalue weighted by atomic mass is 16.5. The smallest absolute Gasteiger partial charge is 0.373 e. The Bertz CT molecular complexity index is 376. The Kier molecular flexibility index (Phi) is 5.88. The Morgan fingerprint density at radius 2 is 2.28 bits per heavy atom. The van der Waals surface area contributed by atoms with Crippen LogP contribution in [0.4, 0.5) is 0 Å². The van der Waals surface area contributed by atoms with Crippen molar-refractivity contribution in [2.75, 3.05) is 34.3 Å². The molecule has 1 N–H and O–H groups in total. The predicted molar refractivity (Wildman–Crippen MR) is 69.6 cm³/mol. The molecule has 0 spiro atoms. The zero-order chi connectivity index (χ0) is 13.5. The zero-order valence-electron chi connectivity index (χ0n) is 11.5. The molecule has 0 aliphatic heterocycles. The maximum atomic E-state index is 11.3. The first-order valence-electron chi connectivity index (χ1n) is 6.13. The summed E-state index contributed by atoms with van der Waals surface area (Å²) in [6.45, 7) is 4.01. The fourth-order valence-electron chi connectivity index (χ4n) is 1.70. The maximum Gasteiger partial charge on any atom is 0.373 e.